The molecule has 0 aromatic carbocycles. The van der Waals surface area contributed by atoms with E-state index >= 15 is 0 Å². The summed E-state index contributed by atoms with van der Waals surface area (Å²) in [5.41, 5.74) is -0.233. The number of hydrogen-bond acceptors (Lipinski definition) is 4. The number of carbonyl (C=O) groups is 1. The van der Waals surface area contributed by atoms with E-state index in [2.05, 4.69) is 27.7 Å². The van der Waals surface area contributed by atoms with Crippen LogP contribution in [0.2, 0.25) is 0 Å². The second kappa shape index (κ2) is 8.15. The van der Waals surface area contributed by atoms with E-state index in [0.717, 1.165) is 58.2 Å². The molecule has 4 aliphatic carbocycles. The first-order valence-electron chi connectivity index (χ1n) is 12.6. The highest BCUT2D eigenvalue weighted by molar-refractivity contribution is 5.87. The van der Waals surface area contributed by atoms with Gasteiger partial charge in [0.1, 0.15) is 5.78 Å². The Kier molecular flexibility index (Phi) is 6.18. The number of ether oxygens (including phenoxy) is 1. The Morgan fingerprint density at radius 3 is 2.53 bits per heavy atom. The van der Waals surface area contributed by atoms with Crippen molar-refractivity contribution in [2.45, 2.75) is 91.6 Å². The number of carbonyl (C=O) groups excluding carboxylic acids is 1. The molecule has 4 saturated carbocycles. The van der Waals surface area contributed by atoms with Crippen LogP contribution in [-0.2, 0) is 9.53 Å². The maximum Gasteiger partial charge on any atom is 0.139 e. The first kappa shape index (κ1) is 22.7. The van der Waals surface area contributed by atoms with E-state index < -0.39 is 6.10 Å². The molecule has 0 heterocycles. The van der Waals surface area contributed by atoms with E-state index in [1.807, 2.05) is 0 Å². The number of aliphatic hydroxyl groups is 2. The lowest BCUT2D eigenvalue weighted by atomic mass is 9.37. The molecule has 30 heavy (non-hydrogen) atoms. The summed E-state index contributed by atoms with van der Waals surface area (Å²) in [5, 5.41) is 22.2. The van der Waals surface area contributed by atoms with Crippen molar-refractivity contribution < 1.29 is 19.7 Å². The minimum atomic E-state index is -0.506. The first-order chi connectivity index (χ1) is 14.2. The quantitative estimate of drug-likeness (QED) is 0.616. The lowest BCUT2D eigenvalue weighted by Gasteiger charge is -2.68. The summed E-state index contributed by atoms with van der Waals surface area (Å²) in [6.45, 7) is 10.8. The Morgan fingerprint density at radius 1 is 1.07 bits per heavy atom. The van der Waals surface area contributed by atoms with Gasteiger partial charge < -0.3 is 14.9 Å². The van der Waals surface area contributed by atoms with Gasteiger partial charge in [0, 0.05) is 37.6 Å². The van der Waals surface area contributed by atoms with Gasteiger partial charge >= 0.3 is 0 Å². The van der Waals surface area contributed by atoms with Gasteiger partial charge in [0.25, 0.3) is 0 Å². The van der Waals surface area contributed by atoms with Gasteiger partial charge in [0.15, 0.2) is 0 Å². The minimum Gasteiger partial charge on any atom is -0.396 e. The minimum absolute atomic E-state index is 0.0390. The van der Waals surface area contributed by atoms with Crippen LogP contribution in [0, 0.1) is 45.8 Å². The zero-order valence-corrected chi connectivity index (χ0v) is 19.7. The monoisotopic (exact) mass is 420 g/mol. The zero-order chi connectivity index (χ0) is 21.7. The van der Waals surface area contributed by atoms with E-state index in [0.29, 0.717) is 24.0 Å². The van der Waals surface area contributed by atoms with Crippen LogP contribution in [0.5, 0.6) is 0 Å². The third-order valence-corrected chi connectivity index (χ3v) is 10.8. The van der Waals surface area contributed by atoms with Gasteiger partial charge in [-0.05, 0) is 79.4 Å². The summed E-state index contributed by atoms with van der Waals surface area (Å²) in [5.74, 6) is 1.70. The van der Waals surface area contributed by atoms with Crippen molar-refractivity contribution in [3.8, 4) is 0 Å². The van der Waals surface area contributed by atoms with E-state index in [1.165, 1.54) is 6.42 Å². The van der Waals surface area contributed by atoms with Gasteiger partial charge in [-0.1, -0.05) is 34.1 Å². The smallest absolute Gasteiger partial charge is 0.139 e. The van der Waals surface area contributed by atoms with Gasteiger partial charge in [0.05, 0.1) is 6.10 Å². The average Bonchev–Trinajstić information content (AvgIpc) is 3.02. The van der Waals surface area contributed by atoms with Gasteiger partial charge in [-0.3, -0.25) is 4.79 Å². The number of ketones is 1. The van der Waals surface area contributed by atoms with E-state index in [4.69, 9.17) is 4.74 Å². The lowest BCUT2D eigenvalue weighted by molar-refractivity contribution is -0.242. The SMILES string of the molecule is CCCCOCC1CCC2(C)C3CCC4(C)C(=O)CCC4C3C(O)C(CO)C2(C)C1. The second-order valence-corrected chi connectivity index (χ2v) is 11.9. The van der Waals surface area contributed by atoms with Gasteiger partial charge in [-0.15, -0.1) is 0 Å². The molecule has 4 rings (SSSR count). The molecule has 0 aromatic heterocycles. The molecule has 0 saturated heterocycles. The summed E-state index contributed by atoms with van der Waals surface area (Å²) in [4.78, 5) is 12.7. The highest BCUT2D eigenvalue weighted by atomic mass is 16.5. The van der Waals surface area contributed by atoms with Crippen LogP contribution in [0.4, 0.5) is 0 Å². The van der Waals surface area contributed by atoms with Crippen molar-refractivity contribution in [3.05, 3.63) is 0 Å². The Bertz CT molecular complexity index is 649. The summed E-state index contributed by atoms with van der Waals surface area (Å²) in [6.07, 6.45) is 8.73. The average molecular weight is 421 g/mol. The number of Topliss-reactive ketones (excluding diaryl/α,β-unsaturated/α-hetero) is 1. The Labute approximate surface area is 183 Å². The van der Waals surface area contributed by atoms with Crippen LogP contribution in [0.1, 0.15) is 85.5 Å². The number of hydrogen-bond donors (Lipinski definition) is 2. The van der Waals surface area contributed by atoms with Crippen molar-refractivity contribution >= 4 is 5.78 Å². The van der Waals surface area contributed by atoms with Crippen molar-refractivity contribution in [2.24, 2.45) is 45.8 Å². The van der Waals surface area contributed by atoms with Crippen LogP contribution in [-0.4, -0.2) is 41.9 Å². The summed E-state index contributed by atoms with van der Waals surface area (Å²) in [7, 11) is 0. The zero-order valence-electron chi connectivity index (χ0n) is 19.7. The molecule has 9 atom stereocenters. The lowest BCUT2D eigenvalue weighted by Crippen LogP contribution is -2.67. The van der Waals surface area contributed by atoms with E-state index in [1.54, 1.807) is 0 Å². The third-order valence-electron chi connectivity index (χ3n) is 10.8. The Morgan fingerprint density at radius 2 is 1.83 bits per heavy atom. The topological polar surface area (TPSA) is 66.8 Å². The molecule has 0 aromatic rings. The van der Waals surface area contributed by atoms with Gasteiger partial charge in [-0.2, -0.15) is 0 Å². The van der Waals surface area contributed by atoms with E-state index in [-0.39, 0.29) is 40.6 Å². The molecule has 4 aliphatic rings. The molecular weight excluding hydrogens is 376 g/mol. The molecule has 4 nitrogen and oxygen atoms in total. The molecular formula is C26H44O4. The molecule has 0 radical (unpaired) electrons. The van der Waals surface area contributed by atoms with Gasteiger partial charge in [0.2, 0.25) is 0 Å². The molecule has 0 aliphatic heterocycles. The molecule has 2 N–H and O–H groups in total. The Hall–Kier alpha value is -0.450. The molecule has 0 amide bonds. The highest BCUT2D eigenvalue weighted by Gasteiger charge is 2.68. The van der Waals surface area contributed by atoms with Crippen molar-refractivity contribution in [1.82, 2.24) is 0 Å². The van der Waals surface area contributed by atoms with E-state index in [9.17, 15) is 15.0 Å². The van der Waals surface area contributed by atoms with Gasteiger partial charge in [-0.25, -0.2) is 0 Å². The second-order valence-electron chi connectivity index (χ2n) is 11.9. The van der Waals surface area contributed by atoms with Crippen molar-refractivity contribution in [1.29, 1.82) is 0 Å². The first-order valence-corrected chi connectivity index (χ1v) is 12.6. The fourth-order valence-electron chi connectivity index (χ4n) is 8.69. The number of fused-ring (bicyclic) bond motifs is 5. The molecule has 4 heteroatoms. The standard InChI is InChI=1S/C26H44O4/c1-5-6-13-30-16-17-9-12-25(3)19-10-11-24(2)18(7-8-21(24)28)22(19)23(29)20(15-27)26(25,4)14-17/h17-20,22-23,27,29H,5-16H2,1-4H3. The third kappa shape index (κ3) is 3.15. The predicted octanol–water partition coefficient (Wildman–Crippen LogP) is 4.61. The van der Waals surface area contributed by atoms with Crippen LogP contribution < -0.4 is 0 Å². The van der Waals surface area contributed by atoms with Crippen LogP contribution >= 0.6 is 0 Å². The predicted molar refractivity (Wildman–Crippen MR) is 118 cm³/mol. The molecule has 9 unspecified atom stereocenters. The molecule has 172 valence electrons. The van der Waals surface area contributed by atoms with Crippen LogP contribution in [0.15, 0.2) is 0 Å². The normalized spacial score (nSPS) is 50.7. The molecule has 0 spiro atoms. The molecule has 4 fully saturated rings. The fourth-order valence-corrected chi connectivity index (χ4v) is 8.69. The number of aliphatic hydroxyl groups excluding tert-OH is 2. The summed E-state index contributed by atoms with van der Waals surface area (Å²) in [6, 6.07) is 0. The van der Waals surface area contributed by atoms with Crippen molar-refractivity contribution in [2.75, 3.05) is 19.8 Å². The number of unbranched alkanes of at least 4 members (excludes halogenated alkanes) is 1. The maximum atomic E-state index is 12.7. The maximum absolute atomic E-state index is 12.7. The van der Waals surface area contributed by atoms with Crippen LogP contribution in [0.25, 0.3) is 0 Å². The highest BCUT2D eigenvalue weighted by Crippen LogP contribution is 2.71. The molecule has 0 bridgehead atoms. The Balaban J connectivity index is 1.61. The summed E-state index contributed by atoms with van der Waals surface area (Å²) < 4.78 is 5.99. The fraction of sp³-hybridized carbons (Fsp3) is 0.962. The summed E-state index contributed by atoms with van der Waals surface area (Å²) >= 11 is 0. The largest absolute Gasteiger partial charge is 0.396 e. The van der Waals surface area contributed by atoms with Crippen LogP contribution in [0.3, 0.4) is 0 Å². The van der Waals surface area contributed by atoms with Crippen molar-refractivity contribution in [3.63, 3.8) is 0 Å². The number of rotatable bonds is 6.